The number of fused-ring (bicyclic) bond motifs is 1. The third-order valence-electron chi connectivity index (χ3n) is 4.63. The molecule has 4 aromatic rings. The Bertz CT molecular complexity index is 1340. The van der Waals surface area contributed by atoms with Gasteiger partial charge in [0, 0.05) is 34.3 Å². The van der Waals surface area contributed by atoms with Crippen LogP contribution in [0.15, 0.2) is 54.6 Å². The zero-order valence-electron chi connectivity index (χ0n) is 16.7. The van der Waals surface area contributed by atoms with Crippen LogP contribution in [0.2, 0.25) is 0 Å². The molecule has 2 aromatic carbocycles. The van der Waals surface area contributed by atoms with Crippen molar-refractivity contribution in [3.05, 3.63) is 65.0 Å². The molecule has 0 bridgehead atoms. The van der Waals surface area contributed by atoms with E-state index in [4.69, 9.17) is 9.84 Å². The fourth-order valence-electron chi connectivity index (χ4n) is 3.15. The minimum absolute atomic E-state index is 0.0222. The molecular formula is C22H17N3O6S. The van der Waals surface area contributed by atoms with Crippen LogP contribution in [0, 0.1) is 0 Å². The van der Waals surface area contributed by atoms with Crippen molar-refractivity contribution < 1.29 is 29.3 Å². The van der Waals surface area contributed by atoms with E-state index in [1.54, 1.807) is 29.9 Å². The average Bonchev–Trinajstić information content (AvgIpc) is 3.32. The SMILES string of the molecule is Cn1nc(-c2ccccc2)cc1NC(=O)c1ccc2c(OCC(=O)O)c(C(=O)O)sc2c1. The number of aryl methyl sites for hydroxylation is 1. The Morgan fingerprint density at radius 2 is 1.84 bits per heavy atom. The standard InChI is InChI=1S/C22H17N3O6S/c1-25-17(10-15(24-25)12-5-3-2-4-6-12)23-21(28)13-7-8-14-16(9-13)32-20(22(29)30)19(14)31-11-18(26)27/h2-10H,11H2,1H3,(H,23,28)(H,26,27)(H,29,30). The molecule has 0 atom stereocenters. The maximum Gasteiger partial charge on any atom is 0.349 e. The predicted molar refractivity (Wildman–Crippen MR) is 119 cm³/mol. The van der Waals surface area contributed by atoms with Crippen LogP contribution in [0.25, 0.3) is 21.3 Å². The van der Waals surface area contributed by atoms with Gasteiger partial charge >= 0.3 is 11.9 Å². The summed E-state index contributed by atoms with van der Waals surface area (Å²) in [6, 6.07) is 15.9. The monoisotopic (exact) mass is 451 g/mol. The maximum absolute atomic E-state index is 12.8. The van der Waals surface area contributed by atoms with Crippen molar-refractivity contribution in [2.75, 3.05) is 11.9 Å². The van der Waals surface area contributed by atoms with Gasteiger partial charge in [-0.3, -0.25) is 9.48 Å². The van der Waals surface area contributed by atoms with E-state index in [1.807, 2.05) is 30.3 Å². The van der Waals surface area contributed by atoms with Crippen LogP contribution in [-0.2, 0) is 11.8 Å². The molecule has 9 nitrogen and oxygen atoms in total. The van der Waals surface area contributed by atoms with E-state index in [2.05, 4.69) is 10.4 Å². The summed E-state index contributed by atoms with van der Waals surface area (Å²) in [5.41, 5.74) is 1.94. The highest BCUT2D eigenvalue weighted by Crippen LogP contribution is 2.38. The molecule has 0 spiro atoms. The Morgan fingerprint density at radius 1 is 1.09 bits per heavy atom. The van der Waals surface area contributed by atoms with Crippen LogP contribution in [0.3, 0.4) is 0 Å². The highest BCUT2D eigenvalue weighted by molar-refractivity contribution is 7.21. The molecule has 0 saturated heterocycles. The van der Waals surface area contributed by atoms with E-state index in [-0.39, 0.29) is 10.6 Å². The van der Waals surface area contributed by atoms with Gasteiger partial charge < -0.3 is 20.3 Å². The molecule has 0 saturated carbocycles. The lowest BCUT2D eigenvalue weighted by Crippen LogP contribution is -2.14. The quantitative estimate of drug-likeness (QED) is 0.390. The number of thiophene rings is 1. The van der Waals surface area contributed by atoms with Gasteiger partial charge in [0.25, 0.3) is 5.91 Å². The lowest BCUT2D eigenvalue weighted by atomic mass is 10.1. The number of carbonyl (C=O) groups excluding carboxylic acids is 1. The van der Waals surface area contributed by atoms with E-state index in [1.165, 1.54) is 6.07 Å². The Balaban J connectivity index is 1.61. The molecular weight excluding hydrogens is 434 g/mol. The summed E-state index contributed by atoms with van der Waals surface area (Å²) >= 11 is 0.911. The third kappa shape index (κ3) is 4.16. The Labute approximate surface area is 185 Å². The summed E-state index contributed by atoms with van der Waals surface area (Å²) in [6.07, 6.45) is 0. The summed E-state index contributed by atoms with van der Waals surface area (Å²) in [7, 11) is 1.72. The Hall–Kier alpha value is -4.18. The zero-order valence-corrected chi connectivity index (χ0v) is 17.5. The second kappa shape index (κ2) is 8.52. The number of aromatic carboxylic acids is 1. The van der Waals surface area contributed by atoms with E-state index in [0.29, 0.717) is 27.2 Å². The van der Waals surface area contributed by atoms with Crippen molar-refractivity contribution in [3.63, 3.8) is 0 Å². The molecule has 4 rings (SSSR count). The number of carboxylic acid groups (broad SMARTS) is 2. The van der Waals surface area contributed by atoms with E-state index >= 15 is 0 Å². The molecule has 0 fully saturated rings. The maximum atomic E-state index is 12.8. The summed E-state index contributed by atoms with van der Waals surface area (Å²) < 4.78 is 7.24. The van der Waals surface area contributed by atoms with Crippen molar-refractivity contribution >= 4 is 45.1 Å². The van der Waals surface area contributed by atoms with E-state index in [0.717, 1.165) is 16.9 Å². The first-order valence-corrected chi connectivity index (χ1v) is 10.2. The van der Waals surface area contributed by atoms with Crippen LogP contribution in [0.5, 0.6) is 5.75 Å². The minimum Gasteiger partial charge on any atom is -0.479 e. The molecule has 0 aliphatic heterocycles. The van der Waals surface area contributed by atoms with E-state index < -0.39 is 24.5 Å². The molecule has 0 unspecified atom stereocenters. The van der Waals surface area contributed by atoms with Crippen molar-refractivity contribution in [1.82, 2.24) is 9.78 Å². The molecule has 32 heavy (non-hydrogen) atoms. The molecule has 2 aromatic heterocycles. The summed E-state index contributed by atoms with van der Waals surface area (Å²) in [5, 5.41) is 25.9. The van der Waals surface area contributed by atoms with Crippen molar-refractivity contribution in [3.8, 4) is 17.0 Å². The number of aliphatic carboxylic acids is 1. The molecule has 3 N–H and O–H groups in total. The fourth-order valence-corrected chi connectivity index (χ4v) is 4.18. The van der Waals surface area contributed by atoms with Gasteiger partial charge in [-0.05, 0) is 18.2 Å². The Morgan fingerprint density at radius 3 is 2.53 bits per heavy atom. The highest BCUT2D eigenvalue weighted by atomic mass is 32.1. The van der Waals surface area contributed by atoms with Crippen molar-refractivity contribution in [1.29, 1.82) is 0 Å². The number of nitrogens with zero attached hydrogens (tertiary/aromatic N) is 2. The van der Waals surface area contributed by atoms with Crippen molar-refractivity contribution in [2.45, 2.75) is 0 Å². The number of anilines is 1. The molecule has 0 radical (unpaired) electrons. The lowest BCUT2D eigenvalue weighted by molar-refractivity contribution is -0.139. The summed E-state index contributed by atoms with van der Waals surface area (Å²) in [4.78, 5) is 35.1. The number of carboxylic acids is 2. The van der Waals surface area contributed by atoms with Gasteiger partial charge in [0.15, 0.2) is 17.2 Å². The minimum atomic E-state index is -1.24. The number of amides is 1. The number of aromatic nitrogens is 2. The number of benzene rings is 2. The smallest absolute Gasteiger partial charge is 0.349 e. The van der Waals surface area contributed by atoms with Gasteiger partial charge in [-0.25, -0.2) is 9.59 Å². The molecule has 2 heterocycles. The molecule has 10 heteroatoms. The second-order valence-corrected chi connectivity index (χ2v) is 7.87. The predicted octanol–water partition coefficient (Wildman–Crippen LogP) is 3.72. The van der Waals surface area contributed by atoms with Crippen molar-refractivity contribution in [2.24, 2.45) is 7.05 Å². The lowest BCUT2D eigenvalue weighted by Gasteiger charge is -2.06. The van der Waals surface area contributed by atoms with Crippen LogP contribution < -0.4 is 10.1 Å². The second-order valence-electron chi connectivity index (χ2n) is 6.82. The van der Waals surface area contributed by atoms with Gasteiger partial charge in [0.05, 0.1) is 5.69 Å². The summed E-state index contributed by atoms with van der Waals surface area (Å²) in [5.74, 6) is -2.38. The number of rotatable bonds is 7. The van der Waals surface area contributed by atoms with Gasteiger partial charge in [-0.15, -0.1) is 11.3 Å². The van der Waals surface area contributed by atoms with Crippen LogP contribution >= 0.6 is 11.3 Å². The van der Waals surface area contributed by atoms with Gasteiger partial charge in [0.1, 0.15) is 5.82 Å². The first-order valence-electron chi connectivity index (χ1n) is 9.38. The normalized spacial score (nSPS) is 10.8. The first-order chi connectivity index (χ1) is 15.3. The number of ether oxygens (including phenoxy) is 1. The van der Waals surface area contributed by atoms with Gasteiger partial charge in [-0.2, -0.15) is 5.10 Å². The molecule has 0 aliphatic carbocycles. The summed E-state index contributed by atoms with van der Waals surface area (Å²) in [6.45, 7) is -0.668. The number of hydrogen-bond donors (Lipinski definition) is 3. The highest BCUT2D eigenvalue weighted by Gasteiger charge is 2.21. The zero-order chi connectivity index (χ0) is 22.8. The van der Waals surface area contributed by atoms with E-state index in [9.17, 15) is 19.5 Å². The Kier molecular flexibility index (Phi) is 5.61. The topological polar surface area (TPSA) is 131 Å². The van der Waals surface area contributed by atoms with Crippen LogP contribution in [0.1, 0.15) is 20.0 Å². The van der Waals surface area contributed by atoms with Gasteiger partial charge in [-0.1, -0.05) is 30.3 Å². The largest absolute Gasteiger partial charge is 0.479 e. The molecule has 1 amide bonds. The number of hydrogen-bond acceptors (Lipinski definition) is 6. The average molecular weight is 451 g/mol. The molecule has 0 aliphatic rings. The first kappa shape index (κ1) is 21.1. The van der Waals surface area contributed by atoms with Gasteiger partial charge in [0.2, 0.25) is 0 Å². The number of nitrogens with one attached hydrogen (secondary N) is 1. The third-order valence-corrected chi connectivity index (χ3v) is 5.75. The molecule has 162 valence electrons. The van der Waals surface area contributed by atoms with Crippen LogP contribution in [0.4, 0.5) is 5.82 Å². The van der Waals surface area contributed by atoms with Crippen LogP contribution in [-0.4, -0.2) is 44.4 Å². The number of carbonyl (C=O) groups is 3. The fraction of sp³-hybridized carbons (Fsp3) is 0.0909.